The Kier molecular flexibility index (Phi) is 6.27. The van der Waals surface area contributed by atoms with E-state index in [0.29, 0.717) is 10.7 Å². The summed E-state index contributed by atoms with van der Waals surface area (Å²) in [4.78, 5) is 28.5. The number of hydrogen-bond donors (Lipinski definition) is 2. The first-order chi connectivity index (χ1) is 13.1. The van der Waals surface area contributed by atoms with Crippen LogP contribution in [0.4, 0.5) is 17.1 Å². The van der Waals surface area contributed by atoms with Crippen molar-refractivity contribution in [1.82, 2.24) is 0 Å². The van der Waals surface area contributed by atoms with E-state index >= 15 is 0 Å². The van der Waals surface area contributed by atoms with Gasteiger partial charge in [0, 0.05) is 11.4 Å². The number of para-hydroxylation sites is 3. The van der Waals surface area contributed by atoms with Crippen LogP contribution in [0.2, 0.25) is 0 Å². The van der Waals surface area contributed by atoms with Crippen LogP contribution in [0.1, 0.15) is 6.42 Å². The number of carbonyl (C=O) groups is 2. The van der Waals surface area contributed by atoms with Crippen molar-refractivity contribution >= 4 is 45.7 Å². The quantitative estimate of drug-likeness (QED) is 0.767. The molecule has 1 aliphatic rings. The number of aliphatic imine (C=N–C) groups is 1. The molecule has 0 saturated carbocycles. The van der Waals surface area contributed by atoms with E-state index in [1.807, 2.05) is 54.6 Å². The van der Waals surface area contributed by atoms with Gasteiger partial charge in [0.15, 0.2) is 0 Å². The third kappa shape index (κ3) is 5.46. The van der Waals surface area contributed by atoms with Crippen molar-refractivity contribution < 1.29 is 14.3 Å². The molecule has 27 heavy (non-hydrogen) atoms. The van der Waals surface area contributed by atoms with Gasteiger partial charge in [0.1, 0.15) is 0 Å². The van der Waals surface area contributed by atoms with Crippen molar-refractivity contribution in [3.8, 4) is 0 Å². The van der Waals surface area contributed by atoms with Gasteiger partial charge in [0.05, 0.1) is 35.7 Å². The Bertz CT molecular complexity index is 894. The van der Waals surface area contributed by atoms with Crippen LogP contribution in [0.25, 0.3) is 0 Å². The van der Waals surface area contributed by atoms with Crippen molar-refractivity contribution in [2.24, 2.45) is 4.99 Å². The predicted molar refractivity (Wildman–Crippen MR) is 109 cm³/mol. The summed E-state index contributed by atoms with van der Waals surface area (Å²) in [5, 5.41) is 6.71. The molecule has 2 aromatic rings. The van der Waals surface area contributed by atoms with E-state index in [2.05, 4.69) is 15.6 Å². The number of carbonyl (C=O) groups excluding carboxylic acids is 2. The number of anilines is 2. The number of fused-ring (bicyclic) bond motifs is 1. The molecule has 0 radical (unpaired) electrons. The van der Waals surface area contributed by atoms with Gasteiger partial charge < -0.3 is 15.4 Å². The standard InChI is InChI=1S/C20H19N3O3S/c1-26-20(25)12-15-11-19(23-17-10-6-5-9-16(17)21-15)27-13-18(24)22-14-7-3-2-4-8-14/h2-11,21H,12-13H2,1H3,(H,22,24). The molecule has 2 aromatic carbocycles. The van der Waals surface area contributed by atoms with E-state index < -0.39 is 0 Å². The average molecular weight is 381 g/mol. The number of hydrogen-bond acceptors (Lipinski definition) is 6. The lowest BCUT2D eigenvalue weighted by Crippen LogP contribution is -2.15. The van der Waals surface area contributed by atoms with E-state index in [-0.39, 0.29) is 24.1 Å². The lowest BCUT2D eigenvalue weighted by molar-refractivity contribution is -0.139. The Balaban J connectivity index is 1.72. The van der Waals surface area contributed by atoms with Crippen LogP contribution in [-0.2, 0) is 14.3 Å². The number of esters is 1. The van der Waals surface area contributed by atoms with Gasteiger partial charge in [-0.05, 0) is 30.3 Å². The average Bonchev–Trinajstić information content (AvgIpc) is 2.85. The van der Waals surface area contributed by atoms with Crippen molar-refractivity contribution in [3.63, 3.8) is 0 Å². The Hall–Kier alpha value is -3.06. The molecule has 1 heterocycles. The highest BCUT2D eigenvalue weighted by molar-refractivity contribution is 8.14. The fraction of sp³-hybridized carbons (Fsp3) is 0.150. The van der Waals surface area contributed by atoms with E-state index in [4.69, 9.17) is 4.74 Å². The van der Waals surface area contributed by atoms with E-state index in [1.165, 1.54) is 18.9 Å². The summed E-state index contributed by atoms with van der Waals surface area (Å²) < 4.78 is 4.75. The molecule has 0 fully saturated rings. The van der Waals surface area contributed by atoms with Crippen molar-refractivity contribution in [2.75, 3.05) is 23.5 Å². The highest BCUT2D eigenvalue weighted by Gasteiger charge is 2.15. The molecule has 0 saturated heterocycles. The summed E-state index contributed by atoms with van der Waals surface area (Å²) in [5.74, 6) is -0.264. The normalized spacial score (nSPS) is 12.6. The highest BCUT2D eigenvalue weighted by Crippen LogP contribution is 2.31. The van der Waals surface area contributed by atoms with Gasteiger partial charge in [-0.2, -0.15) is 0 Å². The van der Waals surface area contributed by atoms with Gasteiger partial charge in [-0.3, -0.25) is 9.59 Å². The summed E-state index contributed by atoms with van der Waals surface area (Å²) in [5.41, 5.74) is 2.97. The fourth-order valence-corrected chi connectivity index (χ4v) is 3.18. The molecule has 2 N–H and O–H groups in total. The minimum atomic E-state index is -0.348. The number of methoxy groups -OCH3 is 1. The molecular formula is C20H19N3O3S. The second-order valence-electron chi connectivity index (χ2n) is 5.72. The van der Waals surface area contributed by atoms with Gasteiger partial charge >= 0.3 is 5.97 Å². The van der Waals surface area contributed by atoms with Crippen LogP contribution in [0.3, 0.4) is 0 Å². The zero-order valence-corrected chi connectivity index (χ0v) is 15.6. The largest absolute Gasteiger partial charge is 0.469 e. The maximum atomic E-state index is 12.2. The zero-order chi connectivity index (χ0) is 19.1. The molecular weight excluding hydrogens is 362 g/mol. The van der Waals surface area contributed by atoms with E-state index in [9.17, 15) is 9.59 Å². The van der Waals surface area contributed by atoms with Crippen LogP contribution in [0.15, 0.2) is 71.4 Å². The summed E-state index contributed by atoms with van der Waals surface area (Å²) in [6.45, 7) is 0. The lowest BCUT2D eigenvalue weighted by Gasteiger charge is -2.09. The Labute approximate surface area is 161 Å². The molecule has 7 heteroatoms. The zero-order valence-electron chi connectivity index (χ0n) is 14.8. The highest BCUT2D eigenvalue weighted by atomic mass is 32.2. The van der Waals surface area contributed by atoms with Gasteiger partial charge in [0.2, 0.25) is 5.91 Å². The Morgan fingerprint density at radius 1 is 1.11 bits per heavy atom. The molecule has 0 unspecified atom stereocenters. The van der Waals surface area contributed by atoms with Crippen LogP contribution in [-0.4, -0.2) is 29.8 Å². The van der Waals surface area contributed by atoms with Crippen molar-refractivity contribution in [2.45, 2.75) is 6.42 Å². The Morgan fingerprint density at radius 3 is 2.63 bits per heavy atom. The summed E-state index contributed by atoms with van der Waals surface area (Å²) >= 11 is 1.31. The van der Waals surface area contributed by atoms with Gasteiger partial charge in [-0.25, -0.2) is 4.99 Å². The Morgan fingerprint density at radius 2 is 1.85 bits per heavy atom. The molecule has 0 spiro atoms. The number of ether oxygens (including phenoxy) is 1. The monoisotopic (exact) mass is 381 g/mol. The number of amides is 1. The molecule has 1 amide bonds. The maximum Gasteiger partial charge on any atom is 0.311 e. The number of benzene rings is 2. The van der Waals surface area contributed by atoms with Crippen LogP contribution < -0.4 is 10.6 Å². The molecule has 138 valence electrons. The van der Waals surface area contributed by atoms with Crippen LogP contribution >= 0.6 is 11.8 Å². The molecule has 1 aliphatic heterocycles. The second-order valence-corrected chi connectivity index (χ2v) is 6.71. The van der Waals surface area contributed by atoms with Crippen LogP contribution in [0.5, 0.6) is 0 Å². The van der Waals surface area contributed by atoms with Gasteiger partial charge in [-0.1, -0.05) is 42.1 Å². The topological polar surface area (TPSA) is 79.8 Å². The minimum absolute atomic E-state index is 0.0978. The fourth-order valence-electron chi connectivity index (χ4n) is 2.44. The predicted octanol–water partition coefficient (Wildman–Crippen LogP) is 3.96. The third-order valence-electron chi connectivity index (χ3n) is 3.70. The number of nitrogens with one attached hydrogen (secondary N) is 2. The number of nitrogens with zero attached hydrogens (tertiary/aromatic N) is 1. The molecule has 3 rings (SSSR count). The minimum Gasteiger partial charge on any atom is -0.469 e. The second kappa shape index (κ2) is 9.05. The van der Waals surface area contributed by atoms with Gasteiger partial charge in [-0.15, -0.1) is 0 Å². The van der Waals surface area contributed by atoms with E-state index in [0.717, 1.165) is 17.1 Å². The molecule has 0 atom stereocenters. The van der Waals surface area contributed by atoms with Gasteiger partial charge in [0.25, 0.3) is 0 Å². The number of rotatable bonds is 5. The van der Waals surface area contributed by atoms with Crippen molar-refractivity contribution in [1.29, 1.82) is 0 Å². The smallest absolute Gasteiger partial charge is 0.311 e. The first-order valence-corrected chi connectivity index (χ1v) is 9.32. The first-order valence-electron chi connectivity index (χ1n) is 8.34. The summed E-state index contributed by atoms with van der Waals surface area (Å²) in [7, 11) is 1.35. The van der Waals surface area contributed by atoms with Crippen molar-refractivity contribution in [3.05, 3.63) is 66.4 Å². The SMILES string of the molecule is COC(=O)CC1=CC(SCC(=O)Nc2ccccc2)=Nc2ccccc2N1. The third-order valence-corrected chi connectivity index (χ3v) is 4.61. The molecule has 0 aliphatic carbocycles. The summed E-state index contributed by atoms with van der Waals surface area (Å²) in [6.07, 6.45) is 1.87. The maximum absolute atomic E-state index is 12.2. The molecule has 0 bridgehead atoms. The van der Waals surface area contributed by atoms with Crippen LogP contribution in [0, 0.1) is 0 Å². The molecule has 6 nitrogen and oxygen atoms in total. The van der Waals surface area contributed by atoms with E-state index in [1.54, 1.807) is 6.08 Å². The first kappa shape index (κ1) is 18.7. The number of thioether (sulfide) groups is 1. The summed E-state index contributed by atoms with van der Waals surface area (Å²) in [6, 6.07) is 16.8. The lowest BCUT2D eigenvalue weighted by atomic mass is 10.2. The molecule has 0 aromatic heterocycles.